The molecular weight excluding hydrogens is 244 g/mol. The summed E-state index contributed by atoms with van der Waals surface area (Å²) in [5.41, 5.74) is 5.72. The van der Waals surface area contributed by atoms with Crippen molar-refractivity contribution < 1.29 is 0 Å². The molecule has 0 spiro atoms. The maximum atomic E-state index is 12.1. The van der Waals surface area contributed by atoms with Crippen LogP contribution in [0, 0.1) is 0 Å². The average molecular weight is 266 g/mol. The van der Waals surface area contributed by atoms with E-state index in [0.29, 0.717) is 18.3 Å². The number of nitrogens with zero attached hydrogens (tertiary/aromatic N) is 2. The molecule has 0 aromatic carbocycles. The molecule has 106 valence electrons. The van der Waals surface area contributed by atoms with E-state index in [4.69, 9.17) is 5.73 Å². The van der Waals surface area contributed by atoms with Gasteiger partial charge in [-0.25, -0.2) is 4.79 Å². The molecule has 0 atom stereocenters. The van der Waals surface area contributed by atoms with Crippen molar-refractivity contribution in [2.24, 2.45) is 7.05 Å². The summed E-state index contributed by atoms with van der Waals surface area (Å²) < 4.78 is 2.62. The van der Waals surface area contributed by atoms with E-state index in [9.17, 15) is 9.59 Å². The Balaban J connectivity index is 2.43. The van der Waals surface area contributed by atoms with E-state index in [2.05, 4.69) is 12.2 Å². The van der Waals surface area contributed by atoms with Crippen LogP contribution in [0.4, 0.5) is 11.5 Å². The largest absolute Gasteiger partial charge is 0.383 e. The third-order valence-electron chi connectivity index (χ3n) is 3.77. The minimum absolute atomic E-state index is 0.272. The van der Waals surface area contributed by atoms with Gasteiger partial charge in [-0.3, -0.25) is 13.9 Å². The number of hydrogen-bond donors (Lipinski definition) is 2. The van der Waals surface area contributed by atoms with Crippen molar-refractivity contribution in [3.05, 3.63) is 20.8 Å². The Hall–Kier alpha value is -1.72. The Bertz CT molecular complexity index is 569. The van der Waals surface area contributed by atoms with Crippen molar-refractivity contribution in [3.63, 3.8) is 0 Å². The Morgan fingerprint density at radius 1 is 1.37 bits per heavy atom. The number of aromatic nitrogens is 2. The third-order valence-corrected chi connectivity index (χ3v) is 3.77. The maximum absolute atomic E-state index is 12.1. The SMILES string of the molecule is CCCCn1c(N)c(NC2CCC2)c(=O)n(C)c1=O. The molecule has 2 rings (SSSR count). The highest BCUT2D eigenvalue weighted by Crippen LogP contribution is 2.23. The molecule has 3 N–H and O–H groups in total. The molecule has 1 aliphatic rings. The highest BCUT2D eigenvalue weighted by molar-refractivity contribution is 5.61. The number of anilines is 2. The Morgan fingerprint density at radius 2 is 2.05 bits per heavy atom. The molecule has 0 saturated heterocycles. The fraction of sp³-hybridized carbons (Fsp3) is 0.692. The molecule has 1 aromatic rings. The van der Waals surface area contributed by atoms with Gasteiger partial charge < -0.3 is 11.1 Å². The molecule has 6 heteroatoms. The van der Waals surface area contributed by atoms with E-state index in [0.717, 1.165) is 30.3 Å². The van der Waals surface area contributed by atoms with Crippen LogP contribution in [0.5, 0.6) is 0 Å². The maximum Gasteiger partial charge on any atom is 0.332 e. The van der Waals surface area contributed by atoms with Crippen molar-refractivity contribution in [2.45, 2.75) is 51.6 Å². The number of rotatable bonds is 5. The molecule has 19 heavy (non-hydrogen) atoms. The number of nitrogens with one attached hydrogen (secondary N) is 1. The lowest BCUT2D eigenvalue weighted by Gasteiger charge is -2.28. The molecule has 0 bridgehead atoms. The lowest BCUT2D eigenvalue weighted by molar-refractivity contribution is 0.444. The molecule has 1 heterocycles. The first kappa shape index (κ1) is 13.7. The zero-order chi connectivity index (χ0) is 14.0. The van der Waals surface area contributed by atoms with Gasteiger partial charge in [0.1, 0.15) is 11.5 Å². The highest BCUT2D eigenvalue weighted by Gasteiger charge is 2.22. The summed E-state index contributed by atoms with van der Waals surface area (Å²) in [7, 11) is 1.50. The summed E-state index contributed by atoms with van der Waals surface area (Å²) in [5.74, 6) is 0.272. The van der Waals surface area contributed by atoms with Crippen molar-refractivity contribution >= 4 is 11.5 Å². The van der Waals surface area contributed by atoms with Crippen molar-refractivity contribution in [1.82, 2.24) is 9.13 Å². The minimum Gasteiger partial charge on any atom is -0.383 e. The molecule has 0 radical (unpaired) electrons. The third kappa shape index (κ3) is 2.52. The van der Waals surface area contributed by atoms with Crippen LogP contribution in [0.15, 0.2) is 9.59 Å². The Morgan fingerprint density at radius 3 is 2.58 bits per heavy atom. The first-order valence-electron chi connectivity index (χ1n) is 6.92. The molecule has 1 aliphatic carbocycles. The summed E-state index contributed by atoms with van der Waals surface area (Å²) in [6.07, 6.45) is 5.12. The van der Waals surface area contributed by atoms with Gasteiger partial charge in [-0.15, -0.1) is 0 Å². The molecule has 1 saturated carbocycles. The molecule has 1 fully saturated rings. The van der Waals surface area contributed by atoms with E-state index in [1.54, 1.807) is 0 Å². The summed E-state index contributed by atoms with van der Waals surface area (Å²) >= 11 is 0. The van der Waals surface area contributed by atoms with Crippen LogP contribution in [0.3, 0.4) is 0 Å². The molecule has 6 nitrogen and oxygen atoms in total. The molecular formula is C13H22N4O2. The van der Waals surface area contributed by atoms with Crippen LogP contribution >= 0.6 is 0 Å². The van der Waals surface area contributed by atoms with Gasteiger partial charge in [-0.05, 0) is 25.7 Å². The first-order valence-corrected chi connectivity index (χ1v) is 6.92. The van der Waals surface area contributed by atoms with Gasteiger partial charge in [0.2, 0.25) is 0 Å². The van der Waals surface area contributed by atoms with E-state index in [-0.39, 0.29) is 17.1 Å². The zero-order valence-electron chi connectivity index (χ0n) is 11.6. The van der Waals surface area contributed by atoms with E-state index < -0.39 is 0 Å². The van der Waals surface area contributed by atoms with Gasteiger partial charge in [0.15, 0.2) is 0 Å². The number of hydrogen-bond acceptors (Lipinski definition) is 4. The highest BCUT2D eigenvalue weighted by atomic mass is 16.2. The average Bonchev–Trinajstić information content (AvgIpc) is 2.34. The van der Waals surface area contributed by atoms with Crippen molar-refractivity contribution in [2.75, 3.05) is 11.1 Å². The van der Waals surface area contributed by atoms with E-state index >= 15 is 0 Å². The summed E-state index contributed by atoms with van der Waals surface area (Å²) in [5, 5.41) is 3.18. The zero-order valence-corrected chi connectivity index (χ0v) is 11.6. The second-order valence-corrected chi connectivity index (χ2v) is 5.18. The van der Waals surface area contributed by atoms with Crippen LogP contribution in [0.1, 0.15) is 39.0 Å². The molecule has 0 unspecified atom stereocenters. The van der Waals surface area contributed by atoms with Gasteiger partial charge in [0, 0.05) is 19.6 Å². The number of nitrogens with two attached hydrogens (primary N) is 1. The van der Waals surface area contributed by atoms with E-state index in [1.807, 2.05) is 0 Å². The van der Waals surface area contributed by atoms with Crippen LogP contribution in [-0.4, -0.2) is 15.2 Å². The quantitative estimate of drug-likeness (QED) is 0.829. The van der Waals surface area contributed by atoms with Crippen molar-refractivity contribution in [1.29, 1.82) is 0 Å². The summed E-state index contributed by atoms with van der Waals surface area (Å²) in [4.78, 5) is 24.2. The minimum atomic E-state index is -0.338. The van der Waals surface area contributed by atoms with Crippen LogP contribution < -0.4 is 22.3 Å². The Labute approximate surface area is 112 Å². The number of unbranched alkanes of at least 4 members (excludes halogenated alkanes) is 1. The monoisotopic (exact) mass is 266 g/mol. The topological polar surface area (TPSA) is 82.0 Å². The van der Waals surface area contributed by atoms with Gasteiger partial charge in [-0.2, -0.15) is 0 Å². The second-order valence-electron chi connectivity index (χ2n) is 5.18. The Kier molecular flexibility index (Phi) is 3.97. The normalized spacial score (nSPS) is 15.3. The number of nitrogen functional groups attached to an aromatic ring is 1. The van der Waals surface area contributed by atoms with E-state index in [1.165, 1.54) is 18.0 Å². The summed E-state index contributed by atoms with van der Waals surface area (Å²) in [6, 6.07) is 0.312. The van der Waals surface area contributed by atoms with Gasteiger partial charge >= 0.3 is 5.69 Å². The van der Waals surface area contributed by atoms with Gasteiger partial charge in [0.05, 0.1) is 0 Å². The van der Waals surface area contributed by atoms with Crippen molar-refractivity contribution in [3.8, 4) is 0 Å². The smallest absolute Gasteiger partial charge is 0.332 e. The molecule has 1 aromatic heterocycles. The molecule has 0 aliphatic heterocycles. The fourth-order valence-corrected chi connectivity index (χ4v) is 2.21. The fourth-order valence-electron chi connectivity index (χ4n) is 2.21. The first-order chi connectivity index (χ1) is 9.06. The van der Waals surface area contributed by atoms with Crippen LogP contribution in [0.2, 0.25) is 0 Å². The predicted octanol–water partition coefficient (Wildman–Crippen LogP) is 0.894. The van der Waals surface area contributed by atoms with Gasteiger partial charge in [-0.1, -0.05) is 13.3 Å². The van der Waals surface area contributed by atoms with Crippen LogP contribution in [0.25, 0.3) is 0 Å². The lowest BCUT2D eigenvalue weighted by Crippen LogP contribution is -2.42. The second kappa shape index (κ2) is 5.50. The predicted molar refractivity (Wildman–Crippen MR) is 76.5 cm³/mol. The lowest BCUT2D eigenvalue weighted by atomic mass is 9.93. The molecule has 0 amide bonds. The van der Waals surface area contributed by atoms with Crippen LogP contribution in [-0.2, 0) is 13.6 Å². The summed E-state index contributed by atoms with van der Waals surface area (Å²) in [6.45, 7) is 2.60. The van der Waals surface area contributed by atoms with Gasteiger partial charge in [0.25, 0.3) is 5.56 Å². The standard InChI is InChI=1S/C13H22N4O2/c1-3-4-8-17-11(14)10(15-9-6-5-7-9)12(18)16(2)13(17)19/h9,15H,3-8,14H2,1-2H3.